The number of aliphatic hydroxyl groups excluding tert-OH is 1. The van der Waals surface area contributed by atoms with Gasteiger partial charge in [0, 0.05) is 23.6 Å². The molecule has 0 radical (unpaired) electrons. The van der Waals surface area contributed by atoms with Crippen molar-refractivity contribution in [1.82, 2.24) is 20.5 Å². The third kappa shape index (κ3) is 4.59. The number of hydrogen-bond acceptors (Lipinski definition) is 4. The van der Waals surface area contributed by atoms with Crippen LogP contribution in [0.25, 0.3) is 10.9 Å². The van der Waals surface area contributed by atoms with Crippen molar-refractivity contribution in [3.63, 3.8) is 0 Å². The first-order valence-corrected chi connectivity index (χ1v) is 10.0. The zero-order chi connectivity index (χ0) is 21.0. The van der Waals surface area contributed by atoms with Crippen molar-refractivity contribution >= 4 is 28.7 Å². The zero-order valence-corrected chi connectivity index (χ0v) is 16.8. The Balaban J connectivity index is 1.57. The number of hydrogen-bond donors (Lipinski definition) is 4. The van der Waals surface area contributed by atoms with Crippen LogP contribution >= 0.6 is 0 Å². The number of carbonyl (C=O) groups is 3. The summed E-state index contributed by atoms with van der Waals surface area (Å²) in [4.78, 5) is 41.5. The molecule has 1 aliphatic rings. The van der Waals surface area contributed by atoms with E-state index >= 15 is 0 Å². The lowest BCUT2D eigenvalue weighted by Gasteiger charge is -2.22. The van der Waals surface area contributed by atoms with Crippen molar-refractivity contribution < 1.29 is 19.5 Å². The predicted octanol–water partition coefficient (Wildman–Crippen LogP) is 1.54. The Bertz CT molecular complexity index is 894. The average molecular weight is 400 g/mol. The number of rotatable bonds is 9. The quantitative estimate of drug-likeness (QED) is 0.478. The lowest BCUT2D eigenvalue weighted by Crippen LogP contribution is -2.45. The van der Waals surface area contributed by atoms with Crippen LogP contribution in [0.2, 0.25) is 0 Å². The van der Waals surface area contributed by atoms with Crippen molar-refractivity contribution in [2.24, 2.45) is 5.92 Å². The highest BCUT2D eigenvalue weighted by Crippen LogP contribution is 2.19. The topological polar surface area (TPSA) is 115 Å². The summed E-state index contributed by atoms with van der Waals surface area (Å²) in [5.41, 5.74) is 2.04. The Hall–Kier alpha value is -2.87. The highest BCUT2D eigenvalue weighted by molar-refractivity contribution is 6.05. The molecule has 0 saturated carbocycles. The molecule has 29 heavy (non-hydrogen) atoms. The standard InChI is InChI=1S/C21H28N4O4/c1-3-13(2)18(12-26)23-19(27)10-17-20(28)25(21(29)24-17)9-8-14-11-22-16-7-5-4-6-15(14)16/h4-7,11,13,17-18,22,26H,3,8-10,12H2,1-2H3,(H,23,27)(H,24,29)/t13-,17+,18-/m0/s1. The number of H-pyrrole nitrogens is 1. The summed E-state index contributed by atoms with van der Waals surface area (Å²) in [6, 6.07) is 6.14. The Morgan fingerprint density at radius 3 is 2.79 bits per heavy atom. The first-order valence-electron chi connectivity index (χ1n) is 10.0. The number of aromatic amines is 1. The summed E-state index contributed by atoms with van der Waals surface area (Å²) in [7, 11) is 0. The molecule has 1 aromatic heterocycles. The fourth-order valence-electron chi connectivity index (χ4n) is 3.60. The summed E-state index contributed by atoms with van der Waals surface area (Å²) in [6.07, 6.45) is 3.09. The molecule has 1 fully saturated rings. The molecule has 1 aromatic carbocycles. The first kappa shape index (κ1) is 20.9. The van der Waals surface area contributed by atoms with Gasteiger partial charge >= 0.3 is 6.03 Å². The van der Waals surface area contributed by atoms with Crippen LogP contribution in [0.5, 0.6) is 0 Å². The maximum absolute atomic E-state index is 12.6. The van der Waals surface area contributed by atoms with Crippen molar-refractivity contribution in [3.8, 4) is 0 Å². The second kappa shape index (κ2) is 9.09. The van der Waals surface area contributed by atoms with Crippen LogP contribution in [-0.2, 0) is 16.0 Å². The number of para-hydroxylation sites is 1. The van der Waals surface area contributed by atoms with E-state index in [1.807, 2.05) is 44.3 Å². The number of carbonyl (C=O) groups excluding carboxylic acids is 3. The van der Waals surface area contributed by atoms with E-state index in [2.05, 4.69) is 15.6 Å². The molecule has 3 atom stereocenters. The summed E-state index contributed by atoms with van der Waals surface area (Å²) < 4.78 is 0. The molecular weight excluding hydrogens is 372 g/mol. The van der Waals surface area contributed by atoms with Gasteiger partial charge in [0.15, 0.2) is 0 Å². The molecule has 4 N–H and O–H groups in total. The highest BCUT2D eigenvalue weighted by atomic mass is 16.3. The lowest BCUT2D eigenvalue weighted by molar-refractivity contribution is -0.131. The van der Waals surface area contributed by atoms with Crippen LogP contribution in [-0.4, -0.2) is 58.1 Å². The number of nitrogens with one attached hydrogen (secondary N) is 3. The number of amides is 4. The van der Waals surface area contributed by atoms with Gasteiger partial charge < -0.3 is 20.7 Å². The van der Waals surface area contributed by atoms with Crippen molar-refractivity contribution in [3.05, 3.63) is 36.0 Å². The normalized spacial score (nSPS) is 18.7. The zero-order valence-electron chi connectivity index (χ0n) is 16.8. The van der Waals surface area contributed by atoms with E-state index in [1.54, 1.807) is 0 Å². The van der Waals surface area contributed by atoms with Gasteiger partial charge in [0.2, 0.25) is 5.91 Å². The average Bonchev–Trinajstić information content (AvgIpc) is 3.24. The Morgan fingerprint density at radius 1 is 1.31 bits per heavy atom. The van der Waals surface area contributed by atoms with Gasteiger partial charge in [-0.2, -0.15) is 0 Å². The molecule has 8 heteroatoms. The van der Waals surface area contributed by atoms with E-state index in [4.69, 9.17) is 0 Å². The third-order valence-electron chi connectivity index (χ3n) is 5.65. The molecule has 3 rings (SSSR count). The van der Waals surface area contributed by atoms with E-state index in [-0.39, 0.29) is 37.4 Å². The number of aromatic nitrogens is 1. The number of aliphatic hydroxyl groups is 1. The number of imide groups is 1. The molecule has 0 bridgehead atoms. The van der Waals surface area contributed by atoms with Crippen LogP contribution in [0.3, 0.4) is 0 Å². The number of fused-ring (bicyclic) bond motifs is 1. The fourth-order valence-corrected chi connectivity index (χ4v) is 3.60. The third-order valence-corrected chi connectivity index (χ3v) is 5.65. The minimum absolute atomic E-state index is 0.116. The maximum Gasteiger partial charge on any atom is 0.324 e. The highest BCUT2D eigenvalue weighted by Gasteiger charge is 2.39. The summed E-state index contributed by atoms with van der Waals surface area (Å²) in [5, 5.41) is 15.9. The molecule has 2 heterocycles. The molecule has 4 amide bonds. The number of nitrogens with zero attached hydrogens (tertiary/aromatic N) is 1. The van der Waals surface area contributed by atoms with Gasteiger partial charge in [-0.3, -0.25) is 14.5 Å². The van der Waals surface area contributed by atoms with Gasteiger partial charge in [-0.1, -0.05) is 38.5 Å². The van der Waals surface area contributed by atoms with Crippen molar-refractivity contribution in [2.75, 3.05) is 13.2 Å². The SMILES string of the molecule is CC[C@H](C)[C@H](CO)NC(=O)C[C@H]1NC(=O)N(CCc2c[nH]c3ccccc23)C1=O. The van der Waals surface area contributed by atoms with Gasteiger partial charge in [0.05, 0.1) is 19.1 Å². The van der Waals surface area contributed by atoms with Crippen LogP contribution < -0.4 is 10.6 Å². The van der Waals surface area contributed by atoms with Gasteiger partial charge in [0.25, 0.3) is 5.91 Å². The van der Waals surface area contributed by atoms with E-state index in [0.717, 1.165) is 27.8 Å². The Labute approximate surface area is 169 Å². The van der Waals surface area contributed by atoms with Gasteiger partial charge in [0.1, 0.15) is 6.04 Å². The van der Waals surface area contributed by atoms with E-state index in [1.165, 1.54) is 0 Å². The lowest BCUT2D eigenvalue weighted by atomic mass is 9.99. The molecule has 8 nitrogen and oxygen atoms in total. The smallest absolute Gasteiger partial charge is 0.324 e. The van der Waals surface area contributed by atoms with E-state index in [0.29, 0.717) is 6.42 Å². The predicted molar refractivity (Wildman–Crippen MR) is 109 cm³/mol. The van der Waals surface area contributed by atoms with Gasteiger partial charge in [-0.15, -0.1) is 0 Å². The molecule has 2 aromatic rings. The van der Waals surface area contributed by atoms with Crippen molar-refractivity contribution in [1.29, 1.82) is 0 Å². The molecule has 156 valence electrons. The summed E-state index contributed by atoms with van der Waals surface area (Å²) in [6.45, 7) is 4.00. The van der Waals surface area contributed by atoms with Crippen LogP contribution in [0.1, 0.15) is 32.3 Å². The second-order valence-electron chi connectivity index (χ2n) is 7.55. The van der Waals surface area contributed by atoms with Crippen molar-refractivity contribution in [2.45, 2.75) is 45.2 Å². The Kier molecular flexibility index (Phi) is 6.53. The van der Waals surface area contributed by atoms with Crippen LogP contribution in [0.4, 0.5) is 4.79 Å². The fraction of sp³-hybridized carbons (Fsp3) is 0.476. The Morgan fingerprint density at radius 2 is 2.07 bits per heavy atom. The number of urea groups is 1. The van der Waals surface area contributed by atoms with Crippen LogP contribution in [0.15, 0.2) is 30.5 Å². The van der Waals surface area contributed by atoms with Crippen LogP contribution in [0, 0.1) is 5.92 Å². The second-order valence-corrected chi connectivity index (χ2v) is 7.55. The molecule has 0 aliphatic carbocycles. The first-order chi connectivity index (χ1) is 13.9. The maximum atomic E-state index is 12.6. The minimum Gasteiger partial charge on any atom is -0.394 e. The molecule has 0 spiro atoms. The minimum atomic E-state index is -0.873. The molecule has 1 aliphatic heterocycles. The van der Waals surface area contributed by atoms with Gasteiger partial charge in [-0.25, -0.2) is 4.79 Å². The summed E-state index contributed by atoms with van der Waals surface area (Å²) in [5.74, 6) is -0.638. The largest absolute Gasteiger partial charge is 0.394 e. The molecule has 0 unspecified atom stereocenters. The van der Waals surface area contributed by atoms with Gasteiger partial charge in [-0.05, 0) is 24.0 Å². The number of benzene rings is 1. The monoisotopic (exact) mass is 400 g/mol. The molecular formula is C21H28N4O4. The van der Waals surface area contributed by atoms with E-state index in [9.17, 15) is 19.5 Å². The summed E-state index contributed by atoms with van der Waals surface area (Å²) >= 11 is 0. The molecule has 1 saturated heterocycles. The van der Waals surface area contributed by atoms with E-state index < -0.39 is 18.0 Å².